The highest BCUT2D eigenvalue weighted by Crippen LogP contribution is 2.28. The van der Waals surface area contributed by atoms with E-state index in [4.69, 9.17) is 18.9 Å². The fraction of sp³-hybridized carbons (Fsp3) is 0.632. The molecule has 0 bridgehead atoms. The number of hydrogen-bond acceptors (Lipinski definition) is 6. The topological polar surface area (TPSA) is 66.0 Å². The van der Waals surface area contributed by atoms with E-state index in [1.54, 1.807) is 7.11 Å². The quantitative estimate of drug-likeness (QED) is 0.583. The van der Waals surface area contributed by atoms with Gasteiger partial charge in [-0.15, -0.1) is 0 Å². The van der Waals surface area contributed by atoms with Crippen LogP contribution >= 0.6 is 0 Å². The van der Waals surface area contributed by atoms with Gasteiger partial charge in [0.25, 0.3) is 0 Å². The average molecular weight is 353 g/mol. The zero-order valence-corrected chi connectivity index (χ0v) is 16.0. The SMILES string of the molecule is CCCOc1ccc(CN[C@@H](CCOC(C)C)C(=O)OC)cc1OC. The molecule has 0 saturated heterocycles. The number of esters is 1. The lowest BCUT2D eigenvalue weighted by Gasteiger charge is -2.18. The molecule has 0 aliphatic rings. The van der Waals surface area contributed by atoms with Crippen molar-refractivity contribution in [3.8, 4) is 11.5 Å². The highest BCUT2D eigenvalue weighted by atomic mass is 16.5. The molecule has 0 aliphatic heterocycles. The van der Waals surface area contributed by atoms with Gasteiger partial charge in [0, 0.05) is 13.2 Å². The van der Waals surface area contributed by atoms with Crippen molar-refractivity contribution in [3.05, 3.63) is 23.8 Å². The molecule has 0 saturated carbocycles. The van der Waals surface area contributed by atoms with Gasteiger partial charge in [-0.1, -0.05) is 13.0 Å². The number of methoxy groups -OCH3 is 2. The Bertz CT molecular complexity index is 519. The van der Waals surface area contributed by atoms with Crippen LogP contribution in [0.3, 0.4) is 0 Å². The fourth-order valence-corrected chi connectivity index (χ4v) is 2.26. The summed E-state index contributed by atoms with van der Waals surface area (Å²) in [5, 5.41) is 3.22. The highest BCUT2D eigenvalue weighted by molar-refractivity contribution is 5.75. The molecule has 1 aromatic carbocycles. The van der Waals surface area contributed by atoms with Crippen molar-refractivity contribution in [2.24, 2.45) is 0 Å². The molecule has 6 nitrogen and oxygen atoms in total. The molecule has 0 spiro atoms. The second kappa shape index (κ2) is 11.7. The Balaban J connectivity index is 2.66. The van der Waals surface area contributed by atoms with E-state index in [-0.39, 0.29) is 12.1 Å². The van der Waals surface area contributed by atoms with Gasteiger partial charge >= 0.3 is 5.97 Å². The van der Waals surface area contributed by atoms with Crippen molar-refractivity contribution in [2.45, 2.75) is 52.3 Å². The van der Waals surface area contributed by atoms with Crippen LogP contribution in [0, 0.1) is 0 Å². The number of hydrogen-bond donors (Lipinski definition) is 1. The van der Waals surface area contributed by atoms with Crippen molar-refractivity contribution in [2.75, 3.05) is 27.4 Å². The maximum atomic E-state index is 11.9. The van der Waals surface area contributed by atoms with Crippen molar-refractivity contribution >= 4 is 5.97 Å². The molecular formula is C19H31NO5. The van der Waals surface area contributed by atoms with E-state index in [9.17, 15) is 4.79 Å². The van der Waals surface area contributed by atoms with E-state index >= 15 is 0 Å². The van der Waals surface area contributed by atoms with E-state index in [2.05, 4.69) is 12.2 Å². The minimum Gasteiger partial charge on any atom is -0.493 e. The molecule has 0 aliphatic carbocycles. The van der Waals surface area contributed by atoms with Gasteiger partial charge in [0.05, 0.1) is 26.9 Å². The normalized spacial score (nSPS) is 12.1. The third-order valence-corrected chi connectivity index (χ3v) is 3.59. The van der Waals surface area contributed by atoms with Crippen LogP contribution in [0.5, 0.6) is 11.5 Å². The molecule has 0 aromatic heterocycles. The smallest absolute Gasteiger partial charge is 0.322 e. The second-order valence-corrected chi connectivity index (χ2v) is 6.00. The van der Waals surface area contributed by atoms with Gasteiger partial charge < -0.3 is 24.3 Å². The van der Waals surface area contributed by atoms with Gasteiger partial charge in [-0.2, -0.15) is 0 Å². The average Bonchev–Trinajstić information content (AvgIpc) is 2.62. The van der Waals surface area contributed by atoms with Crippen LogP contribution in [0.15, 0.2) is 18.2 Å². The molecule has 1 aromatic rings. The number of rotatable bonds is 12. The predicted octanol–water partition coefficient (Wildman–Crippen LogP) is 2.93. The molecule has 1 atom stereocenters. The summed E-state index contributed by atoms with van der Waals surface area (Å²) >= 11 is 0. The summed E-state index contributed by atoms with van der Waals surface area (Å²) in [5.41, 5.74) is 0.999. The summed E-state index contributed by atoms with van der Waals surface area (Å²) in [6, 6.07) is 5.35. The molecule has 25 heavy (non-hydrogen) atoms. The maximum absolute atomic E-state index is 11.9. The number of carbonyl (C=O) groups is 1. The van der Waals surface area contributed by atoms with Crippen LogP contribution < -0.4 is 14.8 Å². The molecule has 0 heterocycles. The first-order valence-electron chi connectivity index (χ1n) is 8.74. The van der Waals surface area contributed by atoms with Crippen molar-refractivity contribution in [3.63, 3.8) is 0 Å². The number of ether oxygens (including phenoxy) is 4. The van der Waals surface area contributed by atoms with Crippen molar-refractivity contribution in [1.29, 1.82) is 0 Å². The van der Waals surface area contributed by atoms with E-state index < -0.39 is 6.04 Å². The van der Waals surface area contributed by atoms with Crippen LogP contribution in [-0.4, -0.2) is 45.5 Å². The minimum atomic E-state index is -0.411. The summed E-state index contributed by atoms with van der Waals surface area (Å²) in [6.07, 6.45) is 1.63. The number of carbonyl (C=O) groups excluding carboxylic acids is 1. The molecule has 6 heteroatoms. The fourth-order valence-electron chi connectivity index (χ4n) is 2.26. The molecular weight excluding hydrogens is 322 g/mol. The molecule has 0 amide bonds. The maximum Gasteiger partial charge on any atom is 0.322 e. The van der Waals surface area contributed by atoms with Gasteiger partial charge in [-0.25, -0.2) is 0 Å². The van der Waals surface area contributed by atoms with Crippen molar-refractivity contribution in [1.82, 2.24) is 5.32 Å². The summed E-state index contributed by atoms with van der Waals surface area (Å²) in [5.74, 6) is 1.12. The highest BCUT2D eigenvalue weighted by Gasteiger charge is 2.19. The lowest BCUT2D eigenvalue weighted by Crippen LogP contribution is -2.38. The first-order valence-corrected chi connectivity index (χ1v) is 8.74. The third kappa shape index (κ3) is 7.75. The monoisotopic (exact) mass is 353 g/mol. The van der Waals surface area contributed by atoms with E-state index in [0.717, 1.165) is 17.7 Å². The van der Waals surface area contributed by atoms with Gasteiger partial charge in [-0.05, 0) is 44.4 Å². The van der Waals surface area contributed by atoms with E-state index in [1.165, 1.54) is 7.11 Å². The predicted molar refractivity (Wildman–Crippen MR) is 97.1 cm³/mol. The summed E-state index contributed by atoms with van der Waals surface area (Å²) < 4.78 is 21.4. The summed E-state index contributed by atoms with van der Waals surface area (Å²) in [7, 11) is 3.01. The molecule has 142 valence electrons. The van der Waals surface area contributed by atoms with Gasteiger partial charge in [0.1, 0.15) is 6.04 Å². The van der Waals surface area contributed by atoms with Gasteiger partial charge in [-0.3, -0.25) is 4.79 Å². The van der Waals surface area contributed by atoms with Crippen LogP contribution in [-0.2, 0) is 20.8 Å². The molecule has 0 unspecified atom stereocenters. The first-order chi connectivity index (χ1) is 12.0. The lowest BCUT2D eigenvalue weighted by molar-refractivity contribution is -0.143. The Kier molecular flexibility index (Phi) is 9.96. The number of nitrogens with one attached hydrogen (secondary N) is 1. The van der Waals surface area contributed by atoms with Gasteiger partial charge in [0.2, 0.25) is 0 Å². The summed E-state index contributed by atoms with van der Waals surface area (Å²) in [4.78, 5) is 11.9. The summed E-state index contributed by atoms with van der Waals surface area (Å²) in [6.45, 7) is 7.66. The Morgan fingerprint density at radius 1 is 1.16 bits per heavy atom. The third-order valence-electron chi connectivity index (χ3n) is 3.59. The zero-order valence-electron chi connectivity index (χ0n) is 16.0. The molecule has 1 rings (SSSR count). The molecule has 1 N–H and O–H groups in total. The minimum absolute atomic E-state index is 0.137. The Labute approximate surface area is 150 Å². The molecule has 0 radical (unpaired) electrons. The molecule has 0 fully saturated rings. The van der Waals surface area contributed by atoms with Gasteiger partial charge in [0.15, 0.2) is 11.5 Å². The Morgan fingerprint density at radius 3 is 2.52 bits per heavy atom. The van der Waals surface area contributed by atoms with Crippen molar-refractivity contribution < 1.29 is 23.7 Å². The Hall–Kier alpha value is -1.79. The Morgan fingerprint density at radius 2 is 1.92 bits per heavy atom. The standard InChI is InChI=1S/C19H31NO5/c1-6-10-25-17-8-7-15(12-18(17)22-4)13-20-16(19(21)23-5)9-11-24-14(2)3/h7-8,12,14,16,20H,6,9-11,13H2,1-5H3/t16-/m0/s1. The van der Waals surface area contributed by atoms with Crippen LogP contribution in [0.4, 0.5) is 0 Å². The van der Waals surface area contributed by atoms with Crippen LogP contribution in [0.1, 0.15) is 39.2 Å². The largest absolute Gasteiger partial charge is 0.493 e. The second-order valence-electron chi connectivity index (χ2n) is 6.00. The van der Waals surface area contributed by atoms with E-state index in [1.807, 2.05) is 32.0 Å². The lowest BCUT2D eigenvalue weighted by atomic mass is 10.1. The zero-order chi connectivity index (χ0) is 18.7. The first kappa shape index (κ1) is 21.3. The van der Waals surface area contributed by atoms with Crippen LogP contribution in [0.2, 0.25) is 0 Å². The van der Waals surface area contributed by atoms with E-state index in [0.29, 0.717) is 31.9 Å². The van der Waals surface area contributed by atoms with Crippen LogP contribution in [0.25, 0.3) is 0 Å². The number of benzene rings is 1.